The highest BCUT2D eigenvalue weighted by atomic mass is 16.6. The van der Waals surface area contributed by atoms with E-state index in [0.29, 0.717) is 0 Å². The number of nitrogens with one attached hydrogen (secondary N) is 1. The number of carbonyl (C=O) groups is 1. The van der Waals surface area contributed by atoms with Crippen LogP contribution in [0.25, 0.3) is 0 Å². The van der Waals surface area contributed by atoms with E-state index in [1.807, 2.05) is 13.8 Å². The third kappa shape index (κ3) is 1.64. The summed E-state index contributed by atoms with van der Waals surface area (Å²) >= 11 is 0. The number of rotatable bonds is 1. The maximum Gasteiger partial charge on any atom is 0.269 e. The first kappa shape index (κ1) is 10.6. The van der Waals surface area contributed by atoms with E-state index < -0.39 is 10.5 Å². The third-order valence-corrected chi connectivity index (χ3v) is 2.78. The van der Waals surface area contributed by atoms with E-state index >= 15 is 0 Å². The minimum atomic E-state index is -0.459. The molecule has 0 unspecified atom stereocenters. The van der Waals surface area contributed by atoms with Crippen molar-refractivity contribution in [2.24, 2.45) is 0 Å². The lowest BCUT2D eigenvalue weighted by molar-refractivity contribution is -0.384. The molecule has 84 valence electrons. The van der Waals surface area contributed by atoms with Crippen molar-refractivity contribution in [2.45, 2.75) is 25.8 Å². The molecule has 5 nitrogen and oxygen atoms in total. The standard InChI is InChI=1S/C11H12N2O3/c1-11(2)9-4-3-8(13(15)16)5-7(9)6-10(14)12-11/h3-5H,6H2,1-2H3,(H,12,14). The molecule has 0 fully saturated rings. The molecule has 1 aromatic carbocycles. The zero-order valence-electron chi connectivity index (χ0n) is 9.11. The molecule has 1 aromatic rings. The van der Waals surface area contributed by atoms with Gasteiger partial charge >= 0.3 is 0 Å². The van der Waals surface area contributed by atoms with Crippen LogP contribution in [-0.4, -0.2) is 10.8 Å². The minimum absolute atomic E-state index is 0.0317. The second-order valence-electron chi connectivity index (χ2n) is 4.45. The van der Waals surface area contributed by atoms with Gasteiger partial charge in [0.05, 0.1) is 16.9 Å². The van der Waals surface area contributed by atoms with Crippen LogP contribution in [0.4, 0.5) is 5.69 Å². The maximum absolute atomic E-state index is 11.4. The van der Waals surface area contributed by atoms with Gasteiger partial charge in [0.2, 0.25) is 5.91 Å². The average Bonchev–Trinajstić information content (AvgIpc) is 2.14. The highest BCUT2D eigenvalue weighted by Crippen LogP contribution is 2.30. The summed E-state index contributed by atoms with van der Waals surface area (Å²) < 4.78 is 0. The Morgan fingerprint density at radius 3 is 2.75 bits per heavy atom. The molecule has 0 aliphatic carbocycles. The Labute approximate surface area is 92.6 Å². The number of hydrogen-bond donors (Lipinski definition) is 1. The number of nitrogens with zero attached hydrogens (tertiary/aromatic N) is 1. The van der Waals surface area contributed by atoms with Crippen LogP contribution in [0.1, 0.15) is 25.0 Å². The van der Waals surface area contributed by atoms with Crippen molar-refractivity contribution in [1.29, 1.82) is 0 Å². The van der Waals surface area contributed by atoms with Crippen molar-refractivity contribution in [3.63, 3.8) is 0 Å². The van der Waals surface area contributed by atoms with Crippen LogP contribution < -0.4 is 5.32 Å². The van der Waals surface area contributed by atoms with Gasteiger partial charge in [0, 0.05) is 12.1 Å². The summed E-state index contributed by atoms with van der Waals surface area (Å²) in [6.07, 6.45) is 0.209. The van der Waals surface area contributed by atoms with Crippen molar-refractivity contribution >= 4 is 11.6 Å². The lowest BCUT2D eigenvalue weighted by Gasteiger charge is -2.33. The molecule has 1 N–H and O–H groups in total. The smallest absolute Gasteiger partial charge is 0.269 e. The Hall–Kier alpha value is -1.91. The number of non-ortho nitro benzene ring substituents is 1. The molecular weight excluding hydrogens is 208 g/mol. The monoisotopic (exact) mass is 220 g/mol. The van der Waals surface area contributed by atoms with Gasteiger partial charge in [-0.3, -0.25) is 14.9 Å². The molecule has 5 heteroatoms. The Morgan fingerprint density at radius 1 is 1.44 bits per heavy atom. The second-order valence-corrected chi connectivity index (χ2v) is 4.45. The molecule has 16 heavy (non-hydrogen) atoms. The Kier molecular flexibility index (Phi) is 2.18. The summed E-state index contributed by atoms with van der Waals surface area (Å²) in [7, 11) is 0. The highest BCUT2D eigenvalue weighted by Gasteiger charge is 2.31. The van der Waals surface area contributed by atoms with Crippen molar-refractivity contribution in [2.75, 3.05) is 0 Å². The molecule has 1 amide bonds. The van der Waals surface area contributed by atoms with Crippen molar-refractivity contribution < 1.29 is 9.72 Å². The van der Waals surface area contributed by atoms with Gasteiger partial charge in [-0.25, -0.2) is 0 Å². The number of benzene rings is 1. The molecule has 2 rings (SSSR count). The quantitative estimate of drug-likeness (QED) is 0.575. The zero-order chi connectivity index (χ0) is 11.9. The van der Waals surface area contributed by atoms with Gasteiger partial charge in [-0.15, -0.1) is 0 Å². The van der Waals surface area contributed by atoms with Crippen LogP contribution in [0.5, 0.6) is 0 Å². The Morgan fingerprint density at radius 2 is 2.12 bits per heavy atom. The van der Waals surface area contributed by atoms with E-state index in [1.54, 1.807) is 6.07 Å². The van der Waals surface area contributed by atoms with Crippen molar-refractivity contribution in [1.82, 2.24) is 5.32 Å². The summed E-state index contributed by atoms with van der Waals surface area (Å²) in [4.78, 5) is 21.6. The predicted molar refractivity (Wildman–Crippen MR) is 58.0 cm³/mol. The average molecular weight is 220 g/mol. The van der Waals surface area contributed by atoms with Crippen LogP contribution in [0, 0.1) is 10.1 Å². The molecule has 0 bridgehead atoms. The van der Waals surface area contributed by atoms with Gasteiger partial charge in [0.15, 0.2) is 0 Å². The number of nitro groups is 1. The van der Waals surface area contributed by atoms with Gasteiger partial charge in [-0.2, -0.15) is 0 Å². The lowest BCUT2D eigenvalue weighted by Crippen LogP contribution is -2.46. The fraction of sp³-hybridized carbons (Fsp3) is 0.364. The Bertz CT molecular complexity index is 480. The number of fused-ring (bicyclic) bond motifs is 1. The summed E-state index contributed by atoms with van der Waals surface area (Å²) in [5.41, 5.74) is 1.25. The van der Waals surface area contributed by atoms with E-state index in [1.165, 1.54) is 12.1 Å². The lowest BCUT2D eigenvalue weighted by atomic mass is 9.85. The van der Waals surface area contributed by atoms with E-state index in [2.05, 4.69) is 5.32 Å². The van der Waals surface area contributed by atoms with E-state index in [9.17, 15) is 14.9 Å². The van der Waals surface area contributed by atoms with Gasteiger partial charge in [0.1, 0.15) is 0 Å². The number of amides is 1. The van der Waals surface area contributed by atoms with E-state index in [0.717, 1.165) is 11.1 Å². The topological polar surface area (TPSA) is 72.2 Å². The summed E-state index contributed by atoms with van der Waals surface area (Å²) in [6, 6.07) is 4.67. The number of hydrogen-bond acceptors (Lipinski definition) is 3. The fourth-order valence-electron chi connectivity index (χ4n) is 2.08. The third-order valence-electron chi connectivity index (χ3n) is 2.78. The highest BCUT2D eigenvalue weighted by molar-refractivity contribution is 5.82. The van der Waals surface area contributed by atoms with Crippen LogP contribution in [-0.2, 0) is 16.8 Å². The second kappa shape index (κ2) is 3.30. The number of nitro benzene ring substituents is 1. The van der Waals surface area contributed by atoms with Gasteiger partial charge in [0.25, 0.3) is 5.69 Å². The molecule has 0 saturated carbocycles. The Balaban J connectivity index is 2.55. The molecule has 1 aliphatic rings. The van der Waals surface area contributed by atoms with Crippen LogP contribution in [0.15, 0.2) is 18.2 Å². The molecule has 0 spiro atoms. The first-order valence-electron chi connectivity index (χ1n) is 4.99. The molecule has 0 aromatic heterocycles. The first-order valence-corrected chi connectivity index (χ1v) is 4.99. The predicted octanol–water partition coefficient (Wildman–Crippen LogP) is 1.50. The van der Waals surface area contributed by atoms with Crippen LogP contribution in [0.2, 0.25) is 0 Å². The summed E-state index contributed by atoms with van der Waals surface area (Å²) in [6.45, 7) is 3.77. The molecule has 0 radical (unpaired) electrons. The first-order chi connectivity index (χ1) is 7.40. The zero-order valence-corrected chi connectivity index (χ0v) is 9.11. The van der Waals surface area contributed by atoms with Crippen molar-refractivity contribution in [3.05, 3.63) is 39.4 Å². The van der Waals surface area contributed by atoms with Gasteiger partial charge in [-0.1, -0.05) is 0 Å². The van der Waals surface area contributed by atoms with Crippen LogP contribution in [0.3, 0.4) is 0 Å². The molecular formula is C11H12N2O3. The summed E-state index contributed by atoms with van der Waals surface area (Å²) in [5.74, 6) is -0.0991. The van der Waals surface area contributed by atoms with E-state index in [-0.39, 0.29) is 18.0 Å². The SMILES string of the molecule is CC1(C)NC(=O)Cc2cc([N+](=O)[O-])ccc21. The molecule has 1 heterocycles. The normalized spacial score (nSPS) is 17.5. The molecule has 0 atom stereocenters. The number of carbonyl (C=O) groups excluding carboxylic acids is 1. The van der Waals surface area contributed by atoms with Crippen molar-refractivity contribution in [3.8, 4) is 0 Å². The van der Waals surface area contributed by atoms with Crippen LogP contribution >= 0.6 is 0 Å². The van der Waals surface area contributed by atoms with Gasteiger partial charge in [-0.05, 0) is 31.0 Å². The molecule has 0 saturated heterocycles. The minimum Gasteiger partial charge on any atom is -0.347 e. The summed E-state index contributed by atoms with van der Waals surface area (Å²) in [5, 5.41) is 13.5. The largest absolute Gasteiger partial charge is 0.347 e. The van der Waals surface area contributed by atoms with E-state index in [4.69, 9.17) is 0 Å². The fourth-order valence-corrected chi connectivity index (χ4v) is 2.08. The van der Waals surface area contributed by atoms with Gasteiger partial charge < -0.3 is 5.32 Å². The maximum atomic E-state index is 11.4. The molecule has 1 aliphatic heterocycles.